The first-order chi connectivity index (χ1) is 7.85. The third-order valence-corrected chi connectivity index (χ3v) is 3.19. The highest BCUT2D eigenvalue weighted by molar-refractivity contribution is 5.32. The van der Waals surface area contributed by atoms with Crippen LogP contribution in [-0.2, 0) is 16.5 Å². The summed E-state index contributed by atoms with van der Waals surface area (Å²) in [6.45, 7) is 0. The van der Waals surface area contributed by atoms with E-state index in [1.807, 2.05) is 0 Å². The summed E-state index contributed by atoms with van der Waals surface area (Å²) in [5.41, 5.74) is -1.60. The first-order valence-corrected chi connectivity index (χ1v) is 5.28. The van der Waals surface area contributed by atoms with Crippen molar-refractivity contribution in [3.63, 3.8) is 0 Å². The Bertz CT molecular complexity index is 408. The summed E-state index contributed by atoms with van der Waals surface area (Å²) in [5.74, 6) is 0. The van der Waals surface area contributed by atoms with Crippen LogP contribution < -0.4 is 0 Å². The highest BCUT2D eigenvalue weighted by Gasteiger charge is 2.45. The molecule has 1 fully saturated rings. The Morgan fingerprint density at radius 1 is 1.35 bits per heavy atom. The number of methoxy groups -OCH3 is 1. The van der Waals surface area contributed by atoms with Crippen LogP contribution in [-0.4, -0.2) is 18.3 Å². The molecular weight excluding hydrogens is 233 g/mol. The van der Waals surface area contributed by atoms with Crippen LogP contribution in [0, 0.1) is 0 Å². The van der Waals surface area contributed by atoms with Crippen molar-refractivity contribution >= 4 is 0 Å². The van der Waals surface area contributed by atoms with Crippen molar-refractivity contribution < 1.29 is 23.0 Å². The second-order valence-electron chi connectivity index (χ2n) is 4.38. The Hall–Kier alpha value is -1.07. The van der Waals surface area contributed by atoms with E-state index in [2.05, 4.69) is 0 Å². The Kier molecular flexibility index (Phi) is 2.91. The lowest BCUT2D eigenvalue weighted by molar-refractivity contribution is -0.140. The lowest BCUT2D eigenvalue weighted by atomic mass is 9.72. The monoisotopic (exact) mass is 246 g/mol. The average molecular weight is 246 g/mol. The Balaban J connectivity index is 2.23. The number of aliphatic hydroxyl groups is 1. The lowest BCUT2D eigenvalue weighted by Gasteiger charge is -2.43. The van der Waals surface area contributed by atoms with E-state index in [0.717, 1.165) is 12.1 Å². The molecule has 94 valence electrons. The first kappa shape index (κ1) is 12.4. The van der Waals surface area contributed by atoms with Gasteiger partial charge in [-0.25, -0.2) is 0 Å². The Morgan fingerprint density at radius 2 is 2.00 bits per heavy atom. The van der Waals surface area contributed by atoms with E-state index in [1.165, 1.54) is 19.2 Å². The van der Waals surface area contributed by atoms with Gasteiger partial charge < -0.3 is 9.84 Å². The van der Waals surface area contributed by atoms with Crippen LogP contribution in [0.1, 0.15) is 24.0 Å². The standard InChI is InChI=1S/C12H13F3O2/c1-17-10-6-11(16,7-10)8-3-2-4-9(5-8)12(13,14)15/h2-5,10,16H,6-7H2,1H3. The molecule has 17 heavy (non-hydrogen) atoms. The maximum Gasteiger partial charge on any atom is 0.416 e. The molecular formula is C12H13F3O2. The van der Waals surface area contributed by atoms with Crippen LogP contribution in [0.15, 0.2) is 24.3 Å². The maximum absolute atomic E-state index is 12.5. The summed E-state index contributed by atoms with van der Waals surface area (Å²) in [5, 5.41) is 10.1. The summed E-state index contributed by atoms with van der Waals surface area (Å²) >= 11 is 0. The third kappa shape index (κ3) is 2.30. The molecule has 0 radical (unpaired) electrons. The van der Waals surface area contributed by atoms with Gasteiger partial charge in [0.05, 0.1) is 17.3 Å². The molecule has 2 rings (SSSR count). The molecule has 2 nitrogen and oxygen atoms in total. The van der Waals surface area contributed by atoms with Gasteiger partial charge in [-0.2, -0.15) is 13.2 Å². The molecule has 1 aliphatic carbocycles. The van der Waals surface area contributed by atoms with Crippen molar-refractivity contribution in [3.8, 4) is 0 Å². The number of alkyl halides is 3. The minimum absolute atomic E-state index is 0.0745. The Labute approximate surface area is 97.0 Å². The van der Waals surface area contributed by atoms with Crippen molar-refractivity contribution in [1.82, 2.24) is 0 Å². The first-order valence-electron chi connectivity index (χ1n) is 5.28. The maximum atomic E-state index is 12.5. The molecule has 0 saturated heterocycles. The van der Waals surface area contributed by atoms with Gasteiger partial charge in [0.25, 0.3) is 0 Å². The van der Waals surface area contributed by atoms with Gasteiger partial charge in [-0.3, -0.25) is 0 Å². The minimum atomic E-state index is -4.38. The van der Waals surface area contributed by atoms with Crippen LogP contribution in [0.2, 0.25) is 0 Å². The third-order valence-electron chi connectivity index (χ3n) is 3.19. The van der Waals surface area contributed by atoms with E-state index in [9.17, 15) is 18.3 Å². The molecule has 0 spiro atoms. The minimum Gasteiger partial charge on any atom is -0.385 e. The molecule has 0 aliphatic heterocycles. The molecule has 5 heteroatoms. The zero-order chi connectivity index (χ0) is 12.7. The molecule has 0 bridgehead atoms. The molecule has 0 heterocycles. The molecule has 0 amide bonds. The average Bonchev–Trinajstić information content (AvgIpc) is 2.23. The predicted molar refractivity (Wildman–Crippen MR) is 55.4 cm³/mol. The SMILES string of the molecule is COC1CC(O)(c2cccc(C(F)(F)F)c2)C1. The molecule has 1 aromatic rings. The van der Waals surface area contributed by atoms with Crippen molar-refractivity contribution in [2.75, 3.05) is 7.11 Å². The topological polar surface area (TPSA) is 29.5 Å². The Morgan fingerprint density at radius 3 is 2.53 bits per heavy atom. The molecule has 1 aliphatic rings. The summed E-state index contributed by atoms with van der Waals surface area (Å²) in [6, 6.07) is 4.84. The number of halogens is 3. The number of rotatable bonds is 2. The molecule has 0 aromatic heterocycles. The van der Waals surface area contributed by atoms with Gasteiger partial charge in [-0.05, 0) is 17.7 Å². The van der Waals surface area contributed by atoms with E-state index in [0.29, 0.717) is 18.4 Å². The number of hydrogen-bond acceptors (Lipinski definition) is 2. The van der Waals surface area contributed by atoms with Gasteiger partial charge >= 0.3 is 6.18 Å². The molecule has 1 N–H and O–H groups in total. The summed E-state index contributed by atoms with van der Waals surface area (Å²) in [7, 11) is 1.52. The van der Waals surface area contributed by atoms with Crippen LogP contribution in [0.5, 0.6) is 0 Å². The van der Waals surface area contributed by atoms with E-state index >= 15 is 0 Å². The van der Waals surface area contributed by atoms with Gasteiger partial charge in [-0.15, -0.1) is 0 Å². The smallest absolute Gasteiger partial charge is 0.385 e. The van der Waals surface area contributed by atoms with E-state index in [4.69, 9.17) is 4.74 Å². The zero-order valence-corrected chi connectivity index (χ0v) is 9.29. The molecule has 0 atom stereocenters. The second-order valence-corrected chi connectivity index (χ2v) is 4.38. The largest absolute Gasteiger partial charge is 0.416 e. The highest BCUT2D eigenvalue weighted by Crippen LogP contribution is 2.43. The second kappa shape index (κ2) is 3.99. The number of ether oxygens (including phenoxy) is 1. The lowest BCUT2D eigenvalue weighted by Crippen LogP contribution is -2.45. The summed E-state index contributed by atoms with van der Waals surface area (Å²) in [4.78, 5) is 0. The van der Waals surface area contributed by atoms with Crippen LogP contribution in [0.4, 0.5) is 13.2 Å². The highest BCUT2D eigenvalue weighted by atomic mass is 19.4. The number of benzene rings is 1. The summed E-state index contributed by atoms with van der Waals surface area (Å²) < 4.78 is 42.6. The quantitative estimate of drug-likeness (QED) is 0.869. The van der Waals surface area contributed by atoms with Crippen molar-refractivity contribution in [1.29, 1.82) is 0 Å². The van der Waals surface area contributed by atoms with Gasteiger partial charge in [-0.1, -0.05) is 12.1 Å². The molecule has 1 aromatic carbocycles. The fourth-order valence-corrected chi connectivity index (χ4v) is 2.08. The van der Waals surface area contributed by atoms with Gasteiger partial charge in [0, 0.05) is 20.0 Å². The van der Waals surface area contributed by atoms with E-state index in [1.54, 1.807) is 0 Å². The predicted octanol–water partition coefficient (Wildman–Crippen LogP) is 2.70. The van der Waals surface area contributed by atoms with Gasteiger partial charge in [0.1, 0.15) is 0 Å². The fraction of sp³-hybridized carbons (Fsp3) is 0.500. The van der Waals surface area contributed by atoms with Crippen LogP contribution in [0.3, 0.4) is 0 Å². The number of hydrogen-bond donors (Lipinski definition) is 1. The van der Waals surface area contributed by atoms with Crippen molar-refractivity contribution in [2.45, 2.75) is 30.7 Å². The van der Waals surface area contributed by atoms with E-state index < -0.39 is 17.3 Å². The van der Waals surface area contributed by atoms with Gasteiger partial charge in [0.15, 0.2) is 0 Å². The zero-order valence-electron chi connectivity index (χ0n) is 9.29. The normalized spacial score (nSPS) is 28.9. The summed E-state index contributed by atoms with van der Waals surface area (Å²) in [6.07, 6.45) is -3.78. The molecule has 0 unspecified atom stereocenters. The fourth-order valence-electron chi connectivity index (χ4n) is 2.08. The van der Waals surface area contributed by atoms with E-state index in [-0.39, 0.29) is 6.10 Å². The van der Waals surface area contributed by atoms with Crippen LogP contribution >= 0.6 is 0 Å². The van der Waals surface area contributed by atoms with Crippen LogP contribution in [0.25, 0.3) is 0 Å². The van der Waals surface area contributed by atoms with Gasteiger partial charge in [0.2, 0.25) is 0 Å². The molecule has 1 saturated carbocycles. The van der Waals surface area contributed by atoms with Crippen molar-refractivity contribution in [3.05, 3.63) is 35.4 Å². The van der Waals surface area contributed by atoms with Crippen molar-refractivity contribution in [2.24, 2.45) is 0 Å².